The zero-order valence-electron chi connectivity index (χ0n) is 17.2. The maximum atomic E-state index is 12.5. The molecule has 152 valence electrons. The number of nitrogens with one attached hydrogen (secondary N) is 1. The van der Waals surface area contributed by atoms with Crippen LogP contribution in [-0.4, -0.2) is 38.7 Å². The lowest BCUT2D eigenvalue weighted by Crippen LogP contribution is -2.28. The Hall–Kier alpha value is -2.96. The lowest BCUT2D eigenvalue weighted by Gasteiger charge is -2.21. The van der Waals surface area contributed by atoms with Crippen LogP contribution in [-0.2, 0) is 17.9 Å². The van der Waals surface area contributed by atoms with Gasteiger partial charge in [-0.2, -0.15) is 5.10 Å². The standard InChI is InChI=1S/C22H28N6O/c1-16-7-8-18(11-17(16)2)12-23-20(29)14-28-22-19(13-26-28)21(24-15-25-22)27-9-5-3-4-6-10-27/h7-8,11,13,15H,3-6,9-10,12,14H2,1-2H3,(H,23,29). The molecule has 1 saturated heterocycles. The number of hydrogen-bond donors (Lipinski definition) is 1. The van der Waals surface area contributed by atoms with E-state index in [-0.39, 0.29) is 12.5 Å². The van der Waals surface area contributed by atoms with Crippen LogP contribution in [0.15, 0.2) is 30.7 Å². The summed E-state index contributed by atoms with van der Waals surface area (Å²) in [6.07, 6.45) is 8.26. The number of nitrogens with zero attached hydrogens (tertiary/aromatic N) is 5. The molecule has 1 aliphatic rings. The lowest BCUT2D eigenvalue weighted by atomic mass is 10.1. The molecule has 0 atom stereocenters. The number of aromatic nitrogens is 4. The summed E-state index contributed by atoms with van der Waals surface area (Å²) < 4.78 is 1.66. The van der Waals surface area contributed by atoms with Gasteiger partial charge in [0.05, 0.1) is 11.6 Å². The smallest absolute Gasteiger partial charge is 0.242 e. The SMILES string of the molecule is Cc1ccc(CNC(=O)Cn2ncc3c(N4CCCCCC4)ncnc32)cc1C. The highest BCUT2D eigenvalue weighted by molar-refractivity contribution is 5.87. The van der Waals surface area contributed by atoms with E-state index in [9.17, 15) is 4.79 Å². The number of hydrogen-bond acceptors (Lipinski definition) is 5. The van der Waals surface area contributed by atoms with Gasteiger partial charge in [0, 0.05) is 19.6 Å². The first-order valence-corrected chi connectivity index (χ1v) is 10.4. The van der Waals surface area contributed by atoms with Crippen molar-refractivity contribution < 1.29 is 4.79 Å². The summed E-state index contributed by atoms with van der Waals surface area (Å²) in [6.45, 7) is 6.83. The molecule has 7 heteroatoms. The van der Waals surface area contributed by atoms with Gasteiger partial charge in [0.1, 0.15) is 18.7 Å². The maximum absolute atomic E-state index is 12.5. The third kappa shape index (κ3) is 4.39. The molecule has 3 aromatic rings. The number of carbonyl (C=O) groups is 1. The van der Waals surface area contributed by atoms with Crippen molar-refractivity contribution in [1.29, 1.82) is 0 Å². The largest absolute Gasteiger partial charge is 0.356 e. The zero-order valence-corrected chi connectivity index (χ0v) is 17.2. The first kappa shape index (κ1) is 19.4. The predicted molar refractivity (Wildman–Crippen MR) is 114 cm³/mol. The highest BCUT2D eigenvalue weighted by atomic mass is 16.2. The summed E-state index contributed by atoms with van der Waals surface area (Å²) in [5, 5.41) is 8.32. The Kier molecular flexibility index (Phi) is 5.74. The summed E-state index contributed by atoms with van der Waals surface area (Å²) in [6, 6.07) is 6.24. The Balaban J connectivity index is 1.46. The molecule has 1 aliphatic heterocycles. The lowest BCUT2D eigenvalue weighted by molar-refractivity contribution is -0.121. The van der Waals surface area contributed by atoms with E-state index in [0.717, 1.165) is 29.9 Å². The number of fused-ring (bicyclic) bond motifs is 1. The molecule has 29 heavy (non-hydrogen) atoms. The molecule has 1 amide bonds. The molecular weight excluding hydrogens is 364 g/mol. The Bertz CT molecular complexity index is 1000. The summed E-state index contributed by atoms with van der Waals surface area (Å²) in [4.78, 5) is 23.7. The summed E-state index contributed by atoms with van der Waals surface area (Å²) >= 11 is 0. The van der Waals surface area contributed by atoms with Crippen LogP contribution in [0.1, 0.15) is 42.4 Å². The fraction of sp³-hybridized carbons (Fsp3) is 0.455. The van der Waals surface area contributed by atoms with Crippen LogP contribution in [0.2, 0.25) is 0 Å². The van der Waals surface area contributed by atoms with Gasteiger partial charge in [0.15, 0.2) is 5.65 Å². The Morgan fingerprint density at radius 1 is 1.07 bits per heavy atom. The van der Waals surface area contributed by atoms with Crippen molar-refractivity contribution >= 4 is 22.8 Å². The molecule has 1 N–H and O–H groups in total. The van der Waals surface area contributed by atoms with Gasteiger partial charge < -0.3 is 10.2 Å². The van der Waals surface area contributed by atoms with Crippen LogP contribution in [0.25, 0.3) is 11.0 Å². The fourth-order valence-electron chi connectivity index (χ4n) is 3.84. The quantitative estimate of drug-likeness (QED) is 0.722. The van der Waals surface area contributed by atoms with Gasteiger partial charge in [0.25, 0.3) is 0 Å². The van der Waals surface area contributed by atoms with Crippen LogP contribution >= 0.6 is 0 Å². The predicted octanol–water partition coefficient (Wildman–Crippen LogP) is 3.14. The molecule has 0 aliphatic carbocycles. The van der Waals surface area contributed by atoms with Crippen LogP contribution in [0, 0.1) is 13.8 Å². The summed E-state index contributed by atoms with van der Waals surface area (Å²) in [5.74, 6) is 0.849. The molecule has 0 bridgehead atoms. The number of rotatable bonds is 5. The topological polar surface area (TPSA) is 75.9 Å². The van der Waals surface area contributed by atoms with Crippen molar-refractivity contribution in [3.63, 3.8) is 0 Å². The molecule has 0 saturated carbocycles. The molecule has 4 rings (SSSR count). The van der Waals surface area contributed by atoms with Crippen molar-refractivity contribution in [3.05, 3.63) is 47.4 Å². The van der Waals surface area contributed by atoms with Crippen LogP contribution < -0.4 is 10.2 Å². The van der Waals surface area contributed by atoms with E-state index in [1.165, 1.54) is 36.8 Å². The Labute approximate surface area is 171 Å². The van der Waals surface area contributed by atoms with Crippen LogP contribution in [0.5, 0.6) is 0 Å². The van der Waals surface area contributed by atoms with Crippen LogP contribution in [0.3, 0.4) is 0 Å². The second-order valence-corrected chi connectivity index (χ2v) is 7.83. The monoisotopic (exact) mass is 392 g/mol. The molecule has 7 nitrogen and oxygen atoms in total. The van der Waals surface area contributed by atoms with Crippen molar-refractivity contribution in [2.75, 3.05) is 18.0 Å². The molecule has 0 spiro atoms. The van der Waals surface area contributed by atoms with Gasteiger partial charge in [-0.05, 0) is 43.4 Å². The fourth-order valence-corrected chi connectivity index (χ4v) is 3.84. The van der Waals surface area contributed by atoms with E-state index >= 15 is 0 Å². The van der Waals surface area contributed by atoms with E-state index in [1.54, 1.807) is 17.2 Å². The maximum Gasteiger partial charge on any atom is 0.242 e. The molecule has 0 radical (unpaired) electrons. The van der Waals surface area contributed by atoms with Gasteiger partial charge in [-0.25, -0.2) is 14.6 Å². The van der Waals surface area contributed by atoms with Crippen molar-refractivity contribution in [2.45, 2.75) is 52.6 Å². The average Bonchev–Trinajstić information content (AvgIpc) is 2.94. The minimum Gasteiger partial charge on any atom is -0.356 e. The number of anilines is 1. The first-order chi connectivity index (χ1) is 14.1. The van der Waals surface area contributed by atoms with Gasteiger partial charge in [0.2, 0.25) is 5.91 Å². The molecule has 1 aromatic carbocycles. The summed E-state index contributed by atoms with van der Waals surface area (Å²) in [7, 11) is 0. The van der Waals surface area contributed by atoms with Crippen molar-refractivity contribution in [1.82, 2.24) is 25.1 Å². The van der Waals surface area contributed by atoms with Crippen LogP contribution in [0.4, 0.5) is 5.82 Å². The zero-order chi connectivity index (χ0) is 20.2. The molecule has 0 unspecified atom stereocenters. The van der Waals surface area contributed by atoms with E-state index in [1.807, 2.05) is 6.07 Å². The first-order valence-electron chi connectivity index (χ1n) is 10.4. The summed E-state index contributed by atoms with van der Waals surface area (Å²) in [5.41, 5.74) is 4.29. The van der Waals surface area contributed by atoms with E-state index < -0.39 is 0 Å². The van der Waals surface area contributed by atoms with Gasteiger partial charge >= 0.3 is 0 Å². The number of benzene rings is 1. The number of amides is 1. The second-order valence-electron chi connectivity index (χ2n) is 7.83. The molecule has 2 aromatic heterocycles. The highest BCUT2D eigenvalue weighted by Gasteiger charge is 2.18. The molecule has 3 heterocycles. The van der Waals surface area contributed by atoms with Crippen molar-refractivity contribution in [2.24, 2.45) is 0 Å². The highest BCUT2D eigenvalue weighted by Crippen LogP contribution is 2.25. The normalized spacial score (nSPS) is 14.8. The Morgan fingerprint density at radius 3 is 2.62 bits per heavy atom. The van der Waals surface area contributed by atoms with Gasteiger partial charge in [-0.3, -0.25) is 4.79 Å². The molecule has 1 fully saturated rings. The molecular formula is C22H28N6O. The Morgan fingerprint density at radius 2 is 1.86 bits per heavy atom. The van der Waals surface area contributed by atoms with Gasteiger partial charge in [-0.15, -0.1) is 0 Å². The second kappa shape index (κ2) is 8.59. The minimum absolute atomic E-state index is 0.0804. The third-order valence-electron chi connectivity index (χ3n) is 5.67. The average molecular weight is 393 g/mol. The third-order valence-corrected chi connectivity index (χ3v) is 5.67. The van der Waals surface area contributed by atoms with E-state index in [2.05, 4.69) is 51.3 Å². The van der Waals surface area contributed by atoms with E-state index in [4.69, 9.17) is 0 Å². The number of carbonyl (C=O) groups excluding carboxylic acids is 1. The van der Waals surface area contributed by atoms with Crippen molar-refractivity contribution in [3.8, 4) is 0 Å². The number of aryl methyl sites for hydroxylation is 2. The minimum atomic E-state index is -0.0804. The van der Waals surface area contributed by atoms with E-state index in [0.29, 0.717) is 12.2 Å². The van der Waals surface area contributed by atoms with Gasteiger partial charge in [-0.1, -0.05) is 31.0 Å².